The van der Waals surface area contributed by atoms with E-state index in [0.717, 1.165) is 17.1 Å². The van der Waals surface area contributed by atoms with Crippen LogP contribution in [0.1, 0.15) is 17.0 Å². The fourth-order valence-electron chi connectivity index (χ4n) is 1.21. The Labute approximate surface area is 86.2 Å². The lowest BCUT2D eigenvalue weighted by molar-refractivity contribution is 0.469. The first-order valence-corrected chi connectivity index (χ1v) is 5.08. The van der Waals surface area contributed by atoms with Crippen LogP contribution in [0.25, 0.3) is 0 Å². The van der Waals surface area contributed by atoms with E-state index in [9.17, 15) is 0 Å². The molecule has 0 unspecified atom stereocenters. The van der Waals surface area contributed by atoms with Gasteiger partial charge in [-0.3, -0.25) is 0 Å². The number of hydrogen-bond acceptors (Lipinski definition) is 4. The highest BCUT2D eigenvalue weighted by Crippen LogP contribution is 2.14. The monoisotopic (exact) mass is 206 g/mol. The summed E-state index contributed by atoms with van der Waals surface area (Å²) in [5.41, 5.74) is 2.40. The van der Waals surface area contributed by atoms with E-state index < -0.39 is 0 Å². The molecule has 0 aliphatic carbocycles. The van der Waals surface area contributed by atoms with Gasteiger partial charge in [0.25, 0.3) is 5.19 Å². The molecule has 0 saturated carbocycles. The van der Waals surface area contributed by atoms with Gasteiger partial charge in [-0.1, -0.05) is 29.8 Å². The zero-order valence-electron chi connectivity index (χ0n) is 7.77. The smallest absolute Gasteiger partial charge is 0.290 e. The molecule has 1 aromatic carbocycles. The third kappa shape index (κ3) is 2.09. The molecule has 4 heteroatoms. The van der Waals surface area contributed by atoms with Gasteiger partial charge < -0.3 is 5.11 Å². The zero-order chi connectivity index (χ0) is 9.97. The van der Waals surface area contributed by atoms with Crippen molar-refractivity contribution in [3.8, 4) is 5.19 Å². The first kappa shape index (κ1) is 9.15. The van der Waals surface area contributed by atoms with Crippen LogP contribution in [0.4, 0.5) is 0 Å². The molecule has 0 aliphatic heterocycles. The summed E-state index contributed by atoms with van der Waals surface area (Å²) in [4.78, 5) is 3.89. The summed E-state index contributed by atoms with van der Waals surface area (Å²) in [6, 6.07) is 8.21. The molecule has 0 saturated heterocycles. The number of benzene rings is 1. The van der Waals surface area contributed by atoms with Crippen molar-refractivity contribution in [2.24, 2.45) is 0 Å². The first-order valence-electron chi connectivity index (χ1n) is 4.31. The van der Waals surface area contributed by atoms with Crippen molar-refractivity contribution in [2.45, 2.75) is 13.3 Å². The third-order valence-corrected chi connectivity index (χ3v) is 2.50. The topological polar surface area (TPSA) is 46.0 Å². The van der Waals surface area contributed by atoms with E-state index in [4.69, 9.17) is 5.11 Å². The minimum atomic E-state index is 0.0344. The lowest BCUT2D eigenvalue weighted by atomic mass is 10.1. The molecule has 0 atom stereocenters. The van der Waals surface area contributed by atoms with Crippen LogP contribution in [-0.2, 0) is 6.42 Å². The van der Waals surface area contributed by atoms with E-state index in [-0.39, 0.29) is 5.19 Å². The van der Waals surface area contributed by atoms with E-state index in [1.165, 1.54) is 5.56 Å². The van der Waals surface area contributed by atoms with Crippen LogP contribution in [0.5, 0.6) is 5.19 Å². The number of aryl methyl sites for hydroxylation is 1. The number of aromatic hydroxyl groups is 1. The van der Waals surface area contributed by atoms with Crippen molar-refractivity contribution in [3.63, 3.8) is 0 Å². The van der Waals surface area contributed by atoms with E-state index >= 15 is 0 Å². The normalized spacial score (nSPS) is 10.4. The molecule has 2 aromatic rings. The second-order valence-corrected chi connectivity index (χ2v) is 3.89. The lowest BCUT2D eigenvalue weighted by Crippen LogP contribution is -1.89. The molecular formula is C10H10N2OS. The van der Waals surface area contributed by atoms with Crippen LogP contribution < -0.4 is 0 Å². The quantitative estimate of drug-likeness (QED) is 0.818. The summed E-state index contributed by atoms with van der Waals surface area (Å²) >= 11 is 1.02. The van der Waals surface area contributed by atoms with Gasteiger partial charge in [-0.2, -0.15) is 9.36 Å². The van der Waals surface area contributed by atoms with E-state index in [0.29, 0.717) is 12.2 Å². The van der Waals surface area contributed by atoms with Gasteiger partial charge in [0.15, 0.2) is 5.82 Å². The molecule has 14 heavy (non-hydrogen) atoms. The van der Waals surface area contributed by atoms with Crippen LogP contribution >= 0.6 is 11.5 Å². The number of hydrogen-bond donors (Lipinski definition) is 1. The minimum absolute atomic E-state index is 0.0344. The average molecular weight is 206 g/mol. The Bertz CT molecular complexity index is 422. The predicted octanol–water partition coefficient (Wildman–Crippen LogP) is 2.14. The number of nitrogens with zero attached hydrogens (tertiary/aromatic N) is 2. The molecule has 0 amide bonds. The Morgan fingerprint density at radius 2 is 2.00 bits per heavy atom. The highest BCUT2D eigenvalue weighted by molar-refractivity contribution is 7.07. The molecule has 1 heterocycles. The maximum Gasteiger partial charge on any atom is 0.290 e. The minimum Gasteiger partial charge on any atom is -0.485 e. The Morgan fingerprint density at radius 3 is 2.57 bits per heavy atom. The second-order valence-electron chi connectivity index (χ2n) is 3.16. The molecule has 1 aromatic heterocycles. The Morgan fingerprint density at radius 1 is 1.29 bits per heavy atom. The van der Waals surface area contributed by atoms with E-state index in [2.05, 4.69) is 28.4 Å². The summed E-state index contributed by atoms with van der Waals surface area (Å²) in [7, 11) is 0. The largest absolute Gasteiger partial charge is 0.485 e. The van der Waals surface area contributed by atoms with Crippen molar-refractivity contribution in [2.75, 3.05) is 0 Å². The summed E-state index contributed by atoms with van der Waals surface area (Å²) in [5, 5.41) is 9.05. The molecule has 0 bridgehead atoms. The summed E-state index contributed by atoms with van der Waals surface area (Å²) < 4.78 is 4.01. The molecule has 0 aliphatic rings. The molecule has 0 radical (unpaired) electrons. The number of rotatable bonds is 2. The van der Waals surface area contributed by atoms with Gasteiger partial charge in [0.1, 0.15) is 0 Å². The molecule has 0 spiro atoms. The highest BCUT2D eigenvalue weighted by Gasteiger charge is 2.02. The third-order valence-electron chi connectivity index (χ3n) is 1.94. The fraction of sp³-hybridized carbons (Fsp3) is 0.200. The molecule has 1 N–H and O–H groups in total. The highest BCUT2D eigenvalue weighted by atomic mass is 32.1. The van der Waals surface area contributed by atoms with Crippen LogP contribution in [0.3, 0.4) is 0 Å². The molecule has 0 fully saturated rings. The lowest BCUT2D eigenvalue weighted by Gasteiger charge is -1.97. The average Bonchev–Trinajstić information content (AvgIpc) is 2.56. The predicted molar refractivity (Wildman–Crippen MR) is 55.6 cm³/mol. The summed E-state index contributed by atoms with van der Waals surface area (Å²) in [6.45, 7) is 2.05. The van der Waals surface area contributed by atoms with Crippen molar-refractivity contribution in [1.82, 2.24) is 9.36 Å². The van der Waals surface area contributed by atoms with Crippen molar-refractivity contribution < 1.29 is 5.11 Å². The zero-order valence-corrected chi connectivity index (χ0v) is 8.58. The SMILES string of the molecule is Cc1ccc(Cc2nsc(O)n2)cc1. The molecular weight excluding hydrogens is 196 g/mol. The standard InChI is InChI=1S/C10H10N2OS/c1-7-2-4-8(5-3-7)6-9-11-10(13)14-12-9/h2-5H,6H2,1H3,(H,11,12,13). The van der Waals surface area contributed by atoms with Crippen molar-refractivity contribution >= 4 is 11.5 Å². The van der Waals surface area contributed by atoms with Gasteiger partial charge in [0.2, 0.25) is 0 Å². The molecule has 3 nitrogen and oxygen atoms in total. The van der Waals surface area contributed by atoms with Crippen LogP contribution in [0.15, 0.2) is 24.3 Å². The maximum absolute atomic E-state index is 9.02. The second kappa shape index (κ2) is 3.75. The number of aromatic nitrogens is 2. The Hall–Kier alpha value is -1.42. The van der Waals surface area contributed by atoms with E-state index in [1.54, 1.807) is 0 Å². The van der Waals surface area contributed by atoms with Gasteiger partial charge >= 0.3 is 0 Å². The summed E-state index contributed by atoms with van der Waals surface area (Å²) in [5.74, 6) is 0.677. The van der Waals surface area contributed by atoms with Crippen LogP contribution in [0, 0.1) is 6.92 Å². The Kier molecular flexibility index (Phi) is 2.45. The fourth-order valence-corrected chi connectivity index (χ4v) is 1.64. The van der Waals surface area contributed by atoms with Crippen LogP contribution in [-0.4, -0.2) is 14.5 Å². The van der Waals surface area contributed by atoms with Gasteiger partial charge in [0.05, 0.1) is 0 Å². The molecule has 2 rings (SSSR count). The van der Waals surface area contributed by atoms with Gasteiger partial charge in [-0.15, -0.1) is 0 Å². The van der Waals surface area contributed by atoms with Gasteiger partial charge in [-0.25, -0.2) is 0 Å². The van der Waals surface area contributed by atoms with E-state index in [1.807, 2.05) is 12.1 Å². The first-order chi connectivity index (χ1) is 6.74. The van der Waals surface area contributed by atoms with Crippen molar-refractivity contribution in [1.29, 1.82) is 0 Å². The van der Waals surface area contributed by atoms with Crippen LogP contribution in [0.2, 0.25) is 0 Å². The maximum atomic E-state index is 9.02. The summed E-state index contributed by atoms with van der Waals surface area (Å²) in [6.07, 6.45) is 0.678. The molecule has 72 valence electrons. The van der Waals surface area contributed by atoms with Gasteiger partial charge in [0, 0.05) is 18.0 Å². The van der Waals surface area contributed by atoms with Gasteiger partial charge in [-0.05, 0) is 12.5 Å². The Balaban J connectivity index is 2.15. The van der Waals surface area contributed by atoms with Crippen molar-refractivity contribution in [3.05, 3.63) is 41.2 Å².